The molecule has 0 spiro atoms. The van der Waals surface area contributed by atoms with Gasteiger partial charge in [0.25, 0.3) is 0 Å². The zero-order valence-electron chi connectivity index (χ0n) is 14.2. The van der Waals surface area contributed by atoms with Crippen LogP contribution in [-0.4, -0.2) is 13.4 Å². The van der Waals surface area contributed by atoms with Crippen molar-refractivity contribution in [2.75, 3.05) is 0 Å². The fraction of sp³-hybridized carbons (Fsp3) is 0. The summed E-state index contributed by atoms with van der Waals surface area (Å²) in [6, 6.07) is 15.0. The Kier molecular flexibility index (Phi) is 4.61. The average Bonchev–Trinajstić information content (AvgIpc) is 2.68. The number of hydrogen-bond acceptors (Lipinski definition) is 3. The van der Waals surface area contributed by atoms with E-state index < -0.39 is 21.5 Å². The van der Waals surface area contributed by atoms with Gasteiger partial charge < -0.3 is 0 Å². The number of hydrogen-bond donors (Lipinski definition) is 0. The van der Waals surface area contributed by atoms with Crippen LogP contribution in [0.3, 0.4) is 0 Å². The minimum absolute atomic E-state index is 0.0258. The van der Waals surface area contributed by atoms with Gasteiger partial charge in [0, 0.05) is 22.2 Å². The van der Waals surface area contributed by atoms with Crippen LogP contribution in [0.2, 0.25) is 5.02 Å². The number of halogens is 3. The molecule has 28 heavy (non-hydrogen) atoms. The molecule has 1 aromatic heterocycles. The first-order chi connectivity index (χ1) is 13.4. The molecule has 140 valence electrons. The van der Waals surface area contributed by atoms with E-state index >= 15 is 0 Å². The molecular weight excluding hydrogens is 404 g/mol. The molecule has 0 amide bonds. The molecule has 0 radical (unpaired) electrons. The summed E-state index contributed by atoms with van der Waals surface area (Å²) >= 11 is 5.86. The molecule has 0 fully saturated rings. The third-order valence-electron chi connectivity index (χ3n) is 4.34. The van der Waals surface area contributed by atoms with Gasteiger partial charge >= 0.3 is 0 Å². The molecule has 0 atom stereocenters. The maximum Gasteiger partial charge on any atom is 0.208 e. The second-order valence-corrected chi connectivity index (χ2v) is 8.48. The van der Waals surface area contributed by atoms with Gasteiger partial charge in [0.1, 0.15) is 11.6 Å². The molecule has 0 aliphatic carbocycles. The number of rotatable bonds is 3. The van der Waals surface area contributed by atoms with Crippen molar-refractivity contribution in [2.24, 2.45) is 0 Å². The Morgan fingerprint density at radius 1 is 0.821 bits per heavy atom. The van der Waals surface area contributed by atoms with Crippen LogP contribution in [0.15, 0.2) is 82.7 Å². The highest BCUT2D eigenvalue weighted by Gasteiger charge is 2.25. The molecule has 0 aliphatic heterocycles. The van der Waals surface area contributed by atoms with Crippen molar-refractivity contribution in [2.45, 2.75) is 9.79 Å². The van der Waals surface area contributed by atoms with E-state index in [9.17, 15) is 17.2 Å². The van der Waals surface area contributed by atoms with E-state index in [1.54, 1.807) is 0 Å². The Morgan fingerprint density at radius 3 is 2.14 bits per heavy atom. The van der Waals surface area contributed by atoms with Gasteiger partial charge in [-0.2, -0.15) is 0 Å². The molecular formula is C21H12ClF2NO2S. The number of sulfone groups is 1. The lowest BCUT2D eigenvalue weighted by atomic mass is 10.0. The molecule has 3 nitrogen and oxygen atoms in total. The van der Waals surface area contributed by atoms with Crippen molar-refractivity contribution in [3.63, 3.8) is 0 Å². The zero-order valence-corrected chi connectivity index (χ0v) is 15.8. The molecule has 0 aliphatic rings. The SMILES string of the molecule is O=S(=O)(c1ccc(Cl)cc1)c1cnc2ccc(F)cc2c1-c1ccc(F)cc1. The summed E-state index contributed by atoms with van der Waals surface area (Å²) in [4.78, 5) is 4.12. The molecule has 1 heterocycles. The third kappa shape index (κ3) is 3.25. The van der Waals surface area contributed by atoms with Gasteiger partial charge in [0.05, 0.1) is 15.3 Å². The molecule has 0 bridgehead atoms. The van der Waals surface area contributed by atoms with Crippen molar-refractivity contribution in [3.8, 4) is 11.1 Å². The topological polar surface area (TPSA) is 47.0 Å². The summed E-state index contributed by atoms with van der Waals surface area (Å²) in [6.07, 6.45) is 1.24. The van der Waals surface area contributed by atoms with Gasteiger partial charge in [-0.1, -0.05) is 23.7 Å². The average molecular weight is 416 g/mol. The Balaban J connectivity index is 2.07. The van der Waals surface area contributed by atoms with Crippen LogP contribution in [0.25, 0.3) is 22.0 Å². The summed E-state index contributed by atoms with van der Waals surface area (Å²) < 4.78 is 53.9. The minimum atomic E-state index is -3.99. The van der Waals surface area contributed by atoms with Crippen molar-refractivity contribution in [3.05, 3.63) is 89.6 Å². The Hall–Kier alpha value is -2.83. The zero-order chi connectivity index (χ0) is 19.9. The number of nitrogens with zero attached hydrogens (tertiary/aromatic N) is 1. The minimum Gasteiger partial charge on any atom is -0.255 e. The molecule has 4 aromatic rings. The first-order valence-electron chi connectivity index (χ1n) is 8.21. The molecule has 7 heteroatoms. The summed E-state index contributed by atoms with van der Waals surface area (Å²) in [5, 5.41) is 0.720. The van der Waals surface area contributed by atoms with Crippen LogP contribution in [0.5, 0.6) is 0 Å². The van der Waals surface area contributed by atoms with Crippen molar-refractivity contribution in [1.82, 2.24) is 4.98 Å². The molecule has 0 saturated carbocycles. The van der Waals surface area contributed by atoms with Crippen LogP contribution < -0.4 is 0 Å². The summed E-state index contributed by atoms with van der Waals surface area (Å²) in [6.45, 7) is 0. The lowest BCUT2D eigenvalue weighted by Gasteiger charge is -2.14. The van der Waals surface area contributed by atoms with Crippen LogP contribution in [0.1, 0.15) is 0 Å². The van der Waals surface area contributed by atoms with Gasteiger partial charge in [0.15, 0.2) is 0 Å². The maximum atomic E-state index is 13.9. The van der Waals surface area contributed by atoms with E-state index in [2.05, 4.69) is 4.98 Å². The van der Waals surface area contributed by atoms with E-state index in [-0.39, 0.29) is 15.4 Å². The fourth-order valence-electron chi connectivity index (χ4n) is 3.01. The fourth-order valence-corrected chi connectivity index (χ4v) is 4.57. The molecule has 0 saturated heterocycles. The van der Waals surface area contributed by atoms with Crippen LogP contribution in [0.4, 0.5) is 8.78 Å². The smallest absolute Gasteiger partial charge is 0.208 e. The Bertz CT molecular complexity index is 1290. The monoisotopic (exact) mass is 415 g/mol. The summed E-state index contributed by atoms with van der Waals surface area (Å²) in [5.74, 6) is -0.992. The van der Waals surface area contributed by atoms with E-state index in [0.717, 1.165) is 0 Å². The second-order valence-electron chi connectivity index (χ2n) is 6.12. The highest BCUT2D eigenvalue weighted by Crippen LogP contribution is 2.37. The molecule has 0 N–H and O–H groups in total. The third-order valence-corrected chi connectivity index (χ3v) is 6.37. The van der Waals surface area contributed by atoms with Gasteiger partial charge in [-0.05, 0) is 60.2 Å². The largest absolute Gasteiger partial charge is 0.255 e. The van der Waals surface area contributed by atoms with E-state index in [1.807, 2.05) is 0 Å². The first-order valence-corrected chi connectivity index (χ1v) is 10.1. The van der Waals surface area contributed by atoms with E-state index in [4.69, 9.17) is 11.6 Å². The number of pyridine rings is 1. The normalized spacial score (nSPS) is 11.7. The maximum absolute atomic E-state index is 13.9. The molecule has 0 unspecified atom stereocenters. The molecule has 3 aromatic carbocycles. The van der Waals surface area contributed by atoms with E-state index in [0.29, 0.717) is 21.5 Å². The molecule has 4 rings (SSSR count). The Morgan fingerprint density at radius 2 is 1.46 bits per heavy atom. The van der Waals surface area contributed by atoms with Crippen LogP contribution in [-0.2, 0) is 9.84 Å². The number of fused-ring (bicyclic) bond motifs is 1. The van der Waals surface area contributed by atoms with Gasteiger partial charge in [-0.15, -0.1) is 0 Å². The quantitative estimate of drug-likeness (QED) is 0.433. The van der Waals surface area contributed by atoms with Crippen LogP contribution >= 0.6 is 11.6 Å². The number of aromatic nitrogens is 1. The summed E-state index contributed by atoms with van der Waals surface area (Å²) in [5.41, 5.74) is 1.13. The second kappa shape index (κ2) is 6.96. The lowest BCUT2D eigenvalue weighted by Crippen LogP contribution is -2.05. The van der Waals surface area contributed by atoms with Crippen molar-refractivity contribution in [1.29, 1.82) is 0 Å². The van der Waals surface area contributed by atoms with Crippen LogP contribution in [0, 0.1) is 11.6 Å². The number of benzene rings is 3. The summed E-state index contributed by atoms with van der Waals surface area (Å²) in [7, 11) is -3.99. The lowest BCUT2D eigenvalue weighted by molar-refractivity contribution is 0.596. The van der Waals surface area contributed by atoms with Crippen molar-refractivity contribution >= 4 is 32.3 Å². The highest BCUT2D eigenvalue weighted by molar-refractivity contribution is 7.91. The van der Waals surface area contributed by atoms with Gasteiger partial charge in [-0.3, -0.25) is 4.98 Å². The van der Waals surface area contributed by atoms with Gasteiger partial charge in [-0.25, -0.2) is 17.2 Å². The van der Waals surface area contributed by atoms with Gasteiger partial charge in [0.2, 0.25) is 9.84 Å². The van der Waals surface area contributed by atoms with E-state index in [1.165, 1.54) is 72.9 Å². The highest BCUT2D eigenvalue weighted by atomic mass is 35.5. The Labute approximate surface area is 165 Å². The van der Waals surface area contributed by atoms with Crippen molar-refractivity contribution < 1.29 is 17.2 Å². The predicted octanol–water partition coefficient (Wildman–Crippen LogP) is 5.67. The predicted molar refractivity (Wildman–Crippen MR) is 104 cm³/mol. The first kappa shape index (κ1) is 18.5. The standard InChI is InChI=1S/C21H12ClF2NO2S/c22-14-3-8-17(9-4-14)28(26,27)20-12-25-19-10-7-16(24)11-18(19)21(20)13-1-5-15(23)6-2-13/h1-12H.